The third-order valence-electron chi connectivity index (χ3n) is 16.9. The maximum Gasteiger partial charge on any atom is 0.187 e. The third-order valence-corrected chi connectivity index (χ3v) is 16.9. The van der Waals surface area contributed by atoms with Crippen molar-refractivity contribution in [3.8, 4) is 0 Å². The third kappa shape index (κ3) is 13.8. The first-order valence-electron chi connectivity index (χ1n) is 28.1. The summed E-state index contributed by atoms with van der Waals surface area (Å²) in [7, 11) is 0. The van der Waals surface area contributed by atoms with Crippen LogP contribution < -0.4 is 0 Å². The summed E-state index contributed by atoms with van der Waals surface area (Å²) in [4.78, 5) is 0. The normalized spacial score (nSPS) is 55.4. The number of hydrogen-bond donors (Lipinski definition) is 24. The molecule has 40 heteroatoms. The Bertz CT molecular complexity index is 1700. The van der Waals surface area contributed by atoms with E-state index in [-0.39, 0.29) is 0 Å². The highest BCUT2D eigenvalue weighted by molar-refractivity contribution is 5.02. The van der Waals surface area contributed by atoms with E-state index in [1.165, 1.54) is 0 Å². The summed E-state index contributed by atoms with van der Waals surface area (Å²) >= 11 is 0. The minimum Gasteiger partial charge on any atom is -0.394 e. The lowest BCUT2D eigenvalue weighted by Crippen LogP contribution is -2.69. The fraction of sp³-hybridized carbons (Fsp3) is 1.00. The zero-order valence-electron chi connectivity index (χ0n) is 46.0. The van der Waals surface area contributed by atoms with Gasteiger partial charge in [-0.1, -0.05) is 0 Å². The van der Waals surface area contributed by atoms with Crippen LogP contribution in [0.1, 0.15) is 0 Å². The molecule has 0 amide bonds. The first kappa shape index (κ1) is 70.7. The van der Waals surface area contributed by atoms with Crippen molar-refractivity contribution >= 4 is 0 Å². The Morgan fingerprint density at radius 2 is 0.227 bits per heavy atom. The standard InChI is InChI=1S/C48H80O40/c49-1-9-33-17(57)25(65)41(73-9)82-34-10(2-50)75-43(27(67)19(34)59)84-36-12(4-52)77-45(29(69)21(36)61)86-38-14(6-54)79-47(31(71)23(38)63)88-40-16(8-56)80-48(32(72)24(40)64)87-39-15(7-55)78-46(30(70)22(39)62)85-37-13(5-53)76-44(28(68)20(37)60)83-35-11(3-51)74-42(81-33)26(66)18(35)58/h9-72H,1-8H2/t9-,10-,11-,12-,13-,14-,15-,16?,17-,18-,19-,20-,21-,22-,23-,24-,25?,26?,27?,28?,29?,30?,31?,32?,33?,34?,35?,36?,37?,38?,39?,40?,41?,42?,43?,44?,45?,46?,47?,48?/m1/s1. The topological polar surface area (TPSA) is 633 Å². The van der Waals surface area contributed by atoms with Gasteiger partial charge in [0.15, 0.2) is 50.3 Å². The minimum atomic E-state index is -2.25. The molecule has 0 radical (unpaired) electrons. The van der Waals surface area contributed by atoms with E-state index >= 15 is 0 Å². The number of rotatable bonds is 8. The molecule has 0 aromatic heterocycles. The van der Waals surface area contributed by atoms with Crippen molar-refractivity contribution in [1.29, 1.82) is 0 Å². The molecule has 30 aliphatic heterocycles. The van der Waals surface area contributed by atoms with Crippen molar-refractivity contribution in [2.45, 2.75) is 246 Å². The second kappa shape index (κ2) is 30.0. The molecule has 30 fully saturated rings. The predicted molar refractivity (Wildman–Crippen MR) is 261 cm³/mol. The van der Waals surface area contributed by atoms with Crippen LogP contribution in [0, 0.1) is 0 Å². The number of aliphatic hydroxyl groups excluding tert-OH is 24. The van der Waals surface area contributed by atoms with Crippen LogP contribution in [0.2, 0.25) is 0 Å². The van der Waals surface area contributed by atoms with Crippen molar-refractivity contribution < 1.29 is 198 Å². The maximum atomic E-state index is 11.4. The molecule has 24 N–H and O–H groups in total. The Kier molecular flexibility index (Phi) is 24.1. The highest BCUT2D eigenvalue weighted by atomic mass is 16.8. The van der Waals surface area contributed by atoms with Crippen molar-refractivity contribution in [2.75, 3.05) is 52.9 Å². The summed E-state index contributed by atoms with van der Waals surface area (Å²) in [5.41, 5.74) is 0. The molecule has 30 aliphatic rings. The summed E-state index contributed by atoms with van der Waals surface area (Å²) in [6.45, 7) is -8.64. The van der Waals surface area contributed by atoms with Gasteiger partial charge in [0.05, 0.1) is 52.9 Å². The van der Waals surface area contributed by atoms with E-state index < -0.39 is 299 Å². The lowest BCUT2D eigenvalue weighted by molar-refractivity contribution is -0.404. The summed E-state index contributed by atoms with van der Waals surface area (Å²) in [6.07, 6.45) is -82.0. The second-order valence-corrected chi connectivity index (χ2v) is 22.5. The van der Waals surface area contributed by atoms with E-state index in [0.717, 1.165) is 0 Å². The molecule has 30 saturated heterocycles. The summed E-state index contributed by atoms with van der Waals surface area (Å²) < 4.78 is 91.1. The predicted octanol–water partition coefficient (Wildman–Crippen LogP) is -17.4. The van der Waals surface area contributed by atoms with E-state index in [0.29, 0.717) is 0 Å². The quantitative estimate of drug-likeness (QED) is 0.107. The highest BCUT2D eigenvalue weighted by Gasteiger charge is 2.60. The molecular formula is C48H80O40. The lowest BCUT2D eigenvalue weighted by atomic mass is 9.94. The van der Waals surface area contributed by atoms with Gasteiger partial charge in [0.2, 0.25) is 0 Å². The molecule has 30 rings (SSSR count). The molecule has 40 nitrogen and oxygen atoms in total. The summed E-state index contributed by atoms with van der Waals surface area (Å²) in [5, 5.41) is 265. The molecule has 25 unspecified atom stereocenters. The zero-order valence-corrected chi connectivity index (χ0v) is 46.0. The van der Waals surface area contributed by atoms with Gasteiger partial charge in [0.25, 0.3) is 0 Å². The van der Waals surface area contributed by atoms with Gasteiger partial charge in [0, 0.05) is 0 Å². The lowest BCUT2D eigenvalue weighted by Gasteiger charge is -2.50. The number of ether oxygens (including phenoxy) is 16. The average molecular weight is 1300 g/mol. The first-order valence-corrected chi connectivity index (χ1v) is 28.1. The molecule has 88 heavy (non-hydrogen) atoms. The van der Waals surface area contributed by atoms with Gasteiger partial charge in [-0.3, -0.25) is 0 Å². The van der Waals surface area contributed by atoms with Gasteiger partial charge in [0.1, 0.15) is 195 Å². The van der Waals surface area contributed by atoms with Gasteiger partial charge in [-0.05, 0) is 0 Å². The Morgan fingerprint density at radius 3 is 0.307 bits per heavy atom. The van der Waals surface area contributed by atoms with Gasteiger partial charge in [-0.25, -0.2) is 0 Å². The van der Waals surface area contributed by atoms with Crippen molar-refractivity contribution in [2.24, 2.45) is 0 Å². The van der Waals surface area contributed by atoms with Crippen LogP contribution in [-0.4, -0.2) is 421 Å². The molecular weight excluding hydrogens is 1220 g/mol. The van der Waals surface area contributed by atoms with Crippen LogP contribution in [0.3, 0.4) is 0 Å². The second-order valence-electron chi connectivity index (χ2n) is 22.5. The van der Waals surface area contributed by atoms with Crippen LogP contribution in [0.25, 0.3) is 0 Å². The zero-order chi connectivity index (χ0) is 64.1. The molecule has 512 valence electrons. The van der Waals surface area contributed by atoms with E-state index in [9.17, 15) is 123 Å². The van der Waals surface area contributed by atoms with Crippen molar-refractivity contribution in [3.63, 3.8) is 0 Å². The Morgan fingerprint density at radius 1 is 0.136 bits per heavy atom. The van der Waals surface area contributed by atoms with Crippen LogP contribution in [-0.2, 0) is 75.8 Å². The van der Waals surface area contributed by atoms with Crippen molar-refractivity contribution in [1.82, 2.24) is 0 Å². The Labute approximate surface area is 496 Å². The number of hydrogen-bond acceptors (Lipinski definition) is 40. The molecule has 16 bridgehead atoms. The van der Waals surface area contributed by atoms with Gasteiger partial charge < -0.3 is 198 Å². The molecule has 40 atom stereocenters. The fourth-order valence-electron chi connectivity index (χ4n) is 11.9. The van der Waals surface area contributed by atoms with E-state index in [1.807, 2.05) is 0 Å². The SMILES string of the molecule is OCC1OC2OC3[C@H](O)C(O)C(OC4[C@H](O)C(O)C(OC5[C@H](O)C(O)C(OC6[C@H](O)C(O)C(OC7[C@H](O)C(O)C(OC8[C@H](O)C(O)C(OC9[C@H](O)C(O)C(OC1[C@H](O)C2O)O[C@@H]9CO)O[C@@H]8CO)O[C@@H]7CO)O[C@@H]6CO)O[C@@H]5CO)O[C@@H]4CO)O[C@@H]3CO. The Hall–Kier alpha value is -1.60. The van der Waals surface area contributed by atoms with E-state index in [2.05, 4.69) is 0 Å². The van der Waals surface area contributed by atoms with Crippen LogP contribution in [0.4, 0.5) is 0 Å². The molecule has 0 aliphatic carbocycles. The molecule has 0 saturated carbocycles. The van der Waals surface area contributed by atoms with Crippen LogP contribution in [0.15, 0.2) is 0 Å². The van der Waals surface area contributed by atoms with Gasteiger partial charge in [-0.2, -0.15) is 0 Å². The fourth-order valence-corrected chi connectivity index (χ4v) is 11.9. The summed E-state index contributed by atoms with van der Waals surface area (Å²) in [5.74, 6) is 0. The molecule has 0 aromatic carbocycles. The van der Waals surface area contributed by atoms with Crippen LogP contribution in [0.5, 0.6) is 0 Å². The minimum absolute atomic E-state index is 1.08. The first-order chi connectivity index (χ1) is 41.9. The number of aliphatic hydroxyl groups is 24. The molecule has 0 aromatic rings. The van der Waals surface area contributed by atoms with E-state index in [1.54, 1.807) is 0 Å². The average Bonchev–Trinajstić information content (AvgIpc) is 1.09. The molecule has 30 heterocycles. The van der Waals surface area contributed by atoms with Gasteiger partial charge in [-0.15, -0.1) is 0 Å². The largest absolute Gasteiger partial charge is 0.394 e. The summed E-state index contributed by atoms with van der Waals surface area (Å²) in [6, 6.07) is 0. The Balaban J connectivity index is 0.975. The van der Waals surface area contributed by atoms with Crippen molar-refractivity contribution in [3.05, 3.63) is 0 Å². The highest BCUT2D eigenvalue weighted by Crippen LogP contribution is 2.40. The monoisotopic (exact) mass is 1300 g/mol. The maximum absolute atomic E-state index is 11.4. The smallest absolute Gasteiger partial charge is 0.187 e. The van der Waals surface area contributed by atoms with Gasteiger partial charge >= 0.3 is 0 Å². The van der Waals surface area contributed by atoms with E-state index in [4.69, 9.17) is 75.8 Å². The van der Waals surface area contributed by atoms with Crippen LogP contribution >= 0.6 is 0 Å². The molecule has 0 spiro atoms.